The summed E-state index contributed by atoms with van der Waals surface area (Å²) in [5.74, 6) is -0.630. The number of halogens is 2. The van der Waals surface area contributed by atoms with Crippen molar-refractivity contribution in [1.82, 2.24) is 29.5 Å². The highest BCUT2D eigenvalue weighted by Gasteiger charge is 2.25. The summed E-state index contributed by atoms with van der Waals surface area (Å²) >= 11 is 0. The van der Waals surface area contributed by atoms with Crippen molar-refractivity contribution in [3.63, 3.8) is 0 Å². The first-order valence-corrected chi connectivity index (χ1v) is 9.66. The van der Waals surface area contributed by atoms with Crippen molar-refractivity contribution in [2.75, 3.05) is 0 Å². The minimum atomic E-state index is -0.712. The quantitative estimate of drug-likeness (QED) is 0.532. The molecule has 7 nitrogen and oxygen atoms in total. The summed E-state index contributed by atoms with van der Waals surface area (Å²) < 4.78 is 30.7. The molecule has 1 aliphatic carbocycles. The molecule has 5 rings (SSSR count). The highest BCUT2D eigenvalue weighted by Crippen LogP contribution is 2.32. The van der Waals surface area contributed by atoms with Crippen LogP contribution in [0.15, 0.2) is 49.1 Å². The SMILES string of the molecule is O=C(NCc1ccc(F)cc1F)c1nc(-c2ccnn2CC2CC2)n2ccncc12. The van der Waals surface area contributed by atoms with E-state index in [0.717, 1.165) is 24.4 Å². The van der Waals surface area contributed by atoms with Crippen molar-refractivity contribution in [2.45, 2.75) is 25.9 Å². The van der Waals surface area contributed by atoms with E-state index in [4.69, 9.17) is 0 Å². The van der Waals surface area contributed by atoms with Crippen molar-refractivity contribution in [3.8, 4) is 11.5 Å². The Bertz CT molecular complexity index is 1240. The molecule has 0 bridgehead atoms. The second-order valence-electron chi connectivity index (χ2n) is 7.38. The third kappa shape index (κ3) is 3.42. The van der Waals surface area contributed by atoms with E-state index in [0.29, 0.717) is 17.3 Å². The molecule has 0 unspecified atom stereocenters. The molecule has 9 heteroatoms. The summed E-state index contributed by atoms with van der Waals surface area (Å²) in [6.07, 6.45) is 9.03. The van der Waals surface area contributed by atoms with Gasteiger partial charge in [0.05, 0.1) is 11.7 Å². The van der Waals surface area contributed by atoms with Gasteiger partial charge in [0, 0.05) is 43.3 Å². The van der Waals surface area contributed by atoms with E-state index in [9.17, 15) is 13.6 Å². The van der Waals surface area contributed by atoms with Gasteiger partial charge in [0.25, 0.3) is 5.91 Å². The zero-order valence-corrected chi connectivity index (χ0v) is 15.9. The maximum absolute atomic E-state index is 13.9. The van der Waals surface area contributed by atoms with Gasteiger partial charge < -0.3 is 5.32 Å². The number of hydrogen-bond donors (Lipinski definition) is 1. The number of benzene rings is 1. The molecular formula is C21H18F2N6O. The molecule has 0 atom stereocenters. The Hall–Kier alpha value is -3.62. The van der Waals surface area contributed by atoms with Crippen LogP contribution in [-0.4, -0.2) is 30.1 Å². The van der Waals surface area contributed by atoms with Crippen molar-refractivity contribution >= 4 is 11.4 Å². The van der Waals surface area contributed by atoms with Gasteiger partial charge in [-0.15, -0.1) is 0 Å². The molecule has 152 valence electrons. The van der Waals surface area contributed by atoms with E-state index in [-0.39, 0.29) is 17.8 Å². The number of carbonyl (C=O) groups is 1. The Morgan fingerprint density at radius 2 is 2.07 bits per heavy atom. The molecule has 3 heterocycles. The lowest BCUT2D eigenvalue weighted by Gasteiger charge is -2.05. The molecule has 0 aliphatic heterocycles. The predicted octanol–water partition coefficient (Wildman–Crippen LogP) is 3.21. The first kappa shape index (κ1) is 18.4. The molecule has 0 spiro atoms. The van der Waals surface area contributed by atoms with Crippen molar-refractivity contribution in [2.24, 2.45) is 5.92 Å². The number of hydrogen-bond acceptors (Lipinski definition) is 4. The Morgan fingerprint density at radius 3 is 2.87 bits per heavy atom. The molecular weight excluding hydrogens is 390 g/mol. The van der Waals surface area contributed by atoms with Gasteiger partial charge in [0.1, 0.15) is 17.3 Å². The zero-order chi connectivity index (χ0) is 20.7. The second-order valence-corrected chi connectivity index (χ2v) is 7.38. The zero-order valence-electron chi connectivity index (χ0n) is 15.9. The van der Waals surface area contributed by atoms with E-state index in [1.54, 1.807) is 29.2 Å². The smallest absolute Gasteiger partial charge is 0.272 e. The summed E-state index contributed by atoms with van der Waals surface area (Å²) in [7, 11) is 0. The fourth-order valence-corrected chi connectivity index (χ4v) is 3.42. The van der Waals surface area contributed by atoms with Crippen LogP contribution >= 0.6 is 0 Å². The fourth-order valence-electron chi connectivity index (χ4n) is 3.42. The maximum atomic E-state index is 13.9. The fraction of sp³-hybridized carbons (Fsp3) is 0.238. The molecule has 1 N–H and O–H groups in total. The minimum Gasteiger partial charge on any atom is -0.346 e. The van der Waals surface area contributed by atoms with E-state index in [2.05, 4.69) is 20.4 Å². The molecule has 4 aromatic rings. The number of imidazole rings is 1. The van der Waals surface area contributed by atoms with Gasteiger partial charge in [0.15, 0.2) is 11.5 Å². The minimum absolute atomic E-state index is 0.0842. The van der Waals surface area contributed by atoms with E-state index >= 15 is 0 Å². The van der Waals surface area contributed by atoms with Gasteiger partial charge in [-0.2, -0.15) is 5.10 Å². The third-order valence-electron chi connectivity index (χ3n) is 5.19. The van der Waals surface area contributed by atoms with Crippen LogP contribution in [0.4, 0.5) is 8.78 Å². The van der Waals surface area contributed by atoms with Crippen molar-refractivity contribution in [3.05, 3.63) is 71.9 Å². The molecule has 30 heavy (non-hydrogen) atoms. The predicted molar refractivity (Wildman–Crippen MR) is 104 cm³/mol. The number of rotatable bonds is 6. The summed E-state index contributed by atoms with van der Waals surface area (Å²) in [6, 6.07) is 5.11. The molecule has 0 radical (unpaired) electrons. The van der Waals surface area contributed by atoms with Crippen LogP contribution in [0.5, 0.6) is 0 Å². The molecule has 1 aliphatic rings. The summed E-state index contributed by atoms with van der Waals surface area (Å²) in [5.41, 5.74) is 1.71. The normalized spacial score (nSPS) is 13.7. The number of nitrogens with one attached hydrogen (secondary N) is 1. The topological polar surface area (TPSA) is 77.1 Å². The lowest BCUT2D eigenvalue weighted by atomic mass is 10.2. The second kappa shape index (κ2) is 7.33. The first-order valence-electron chi connectivity index (χ1n) is 9.66. The van der Waals surface area contributed by atoms with Crippen LogP contribution in [0.1, 0.15) is 28.9 Å². The molecule has 0 saturated heterocycles. The Morgan fingerprint density at radius 1 is 1.20 bits per heavy atom. The van der Waals surface area contributed by atoms with Gasteiger partial charge >= 0.3 is 0 Å². The Kier molecular flexibility index (Phi) is 4.50. The highest BCUT2D eigenvalue weighted by atomic mass is 19.1. The summed E-state index contributed by atoms with van der Waals surface area (Å²) in [6.45, 7) is 0.729. The number of nitrogens with zero attached hydrogens (tertiary/aromatic N) is 5. The lowest BCUT2D eigenvalue weighted by molar-refractivity contribution is 0.0948. The summed E-state index contributed by atoms with van der Waals surface area (Å²) in [4.78, 5) is 21.5. The number of fused-ring (bicyclic) bond motifs is 1. The van der Waals surface area contributed by atoms with E-state index in [1.807, 2.05) is 10.7 Å². The average molecular weight is 408 g/mol. The molecule has 1 saturated carbocycles. The first-order chi connectivity index (χ1) is 14.6. The monoisotopic (exact) mass is 408 g/mol. The van der Waals surface area contributed by atoms with Gasteiger partial charge in [-0.25, -0.2) is 13.8 Å². The van der Waals surface area contributed by atoms with Crippen LogP contribution in [0.2, 0.25) is 0 Å². The summed E-state index contributed by atoms with van der Waals surface area (Å²) in [5, 5.41) is 7.06. The van der Waals surface area contributed by atoms with E-state index < -0.39 is 17.5 Å². The Balaban J connectivity index is 1.46. The van der Waals surface area contributed by atoms with Crippen LogP contribution < -0.4 is 5.32 Å². The van der Waals surface area contributed by atoms with Crippen molar-refractivity contribution < 1.29 is 13.6 Å². The van der Waals surface area contributed by atoms with Crippen molar-refractivity contribution in [1.29, 1.82) is 0 Å². The third-order valence-corrected chi connectivity index (χ3v) is 5.19. The highest BCUT2D eigenvalue weighted by molar-refractivity contribution is 5.99. The van der Waals surface area contributed by atoms with Gasteiger partial charge in [-0.3, -0.25) is 18.9 Å². The molecule has 3 aromatic heterocycles. The van der Waals surface area contributed by atoms with Crippen LogP contribution in [0.25, 0.3) is 17.0 Å². The Labute approximate surface area is 170 Å². The molecule has 1 aromatic carbocycles. The van der Waals surface area contributed by atoms with Crippen LogP contribution in [0.3, 0.4) is 0 Å². The molecule has 1 fully saturated rings. The number of amides is 1. The van der Waals surface area contributed by atoms with Gasteiger partial charge in [0.2, 0.25) is 0 Å². The standard InChI is InChI=1S/C21H18F2N6O/c22-15-4-3-14(16(23)9-15)10-25-21(30)19-18-11-24-7-8-28(18)20(27-19)17-5-6-26-29(17)12-13-1-2-13/h3-9,11,13H,1-2,10,12H2,(H,25,30). The number of aromatic nitrogens is 5. The van der Waals surface area contributed by atoms with Gasteiger partial charge in [-0.05, 0) is 30.9 Å². The number of carbonyl (C=O) groups excluding carboxylic acids is 1. The molecule has 1 amide bonds. The largest absolute Gasteiger partial charge is 0.346 e. The maximum Gasteiger partial charge on any atom is 0.272 e. The van der Waals surface area contributed by atoms with Crippen LogP contribution in [0, 0.1) is 17.6 Å². The lowest BCUT2D eigenvalue weighted by Crippen LogP contribution is -2.24. The van der Waals surface area contributed by atoms with E-state index in [1.165, 1.54) is 18.9 Å². The van der Waals surface area contributed by atoms with Crippen LogP contribution in [-0.2, 0) is 13.1 Å². The van der Waals surface area contributed by atoms with Gasteiger partial charge in [-0.1, -0.05) is 6.07 Å². The average Bonchev–Trinajstić information content (AvgIpc) is 3.30.